The molecule has 0 spiro atoms. The highest BCUT2D eigenvalue weighted by Gasteiger charge is 2.21. The summed E-state index contributed by atoms with van der Waals surface area (Å²) in [6.07, 6.45) is 11.0. The SMILES string of the molecule is CC(c1ccccc1-c1ccncc1)N(c1cccnc1)c1cccnc1. The molecule has 3 heterocycles. The average Bonchev–Trinajstić information content (AvgIpc) is 2.76. The van der Waals surface area contributed by atoms with Gasteiger partial charge < -0.3 is 4.90 Å². The maximum atomic E-state index is 4.32. The molecule has 0 aliphatic carbocycles. The largest absolute Gasteiger partial charge is 0.332 e. The molecule has 4 aromatic rings. The Morgan fingerprint density at radius 1 is 0.667 bits per heavy atom. The van der Waals surface area contributed by atoms with Gasteiger partial charge in [0.1, 0.15) is 0 Å². The highest BCUT2D eigenvalue weighted by Crippen LogP contribution is 2.37. The fourth-order valence-electron chi connectivity index (χ4n) is 3.38. The Kier molecular flexibility index (Phi) is 4.88. The highest BCUT2D eigenvalue weighted by molar-refractivity contribution is 5.71. The van der Waals surface area contributed by atoms with Gasteiger partial charge in [0.2, 0.25) is 0 Å². The number of rotatable bonds is 5. The molecule has 0 bridgehead atoms. The van der Waals surface area contributed by atoms with Gasteiger partial charge in [0.25, 0.3) is 0 Å². The molecule has 0 saturated carbocycles. The van der Waals surface area contributed by atoms with Crippen molar-refractivity contribution in [2.45, 2.75) is 13.0 Å². The van der Waals surface area contributed by atoms with E-state index in [1.807, 2.05) is 49.1 Å². The van der Waals surface area contributed by atoms with Crippen molar-refractivity contribution in [3.8, 4) is 11.1 Å². The standard InChI is InChI=1S/C23H20N4/c1-18(22-8-2-3-9-23(22)19-10-14-24-15-11-19)27(20-6-4-12-25-16-20)21-7-5-13-26-17-21/h2-18H,1H3. The second-order valence-electron chi connectivity index (χ2n) is 6.29. The van der Waals surface area contributed by atoms with Gasteiger partial charge in [0, 0.05) is 24.8 Å². The van der Waals surface area contributed by atoms with E-state index in [2.05, 4.69) is 63.2 Å². The van der Waals surface area contributed by atoms with Crippen LogP contribution >= 0.6 is 0 Å². The highest BCUT2D eigenvalue weighted by atomic mass is 15.2. The number of benzene rings is 1. The van der Waals surface area contributed by atoms with Gasteiger partial charge >= 0.3 is 0 Å². The van der Waals surface area contributed by atoms with E-state index in [1.54, 1.807) is 12.4 Å². The number of nitrogens with zero attached hydrogens (tertiary/aromatic N) is 4. The Morgan fingerprint density at radius 2 is 1.30 bits per heavy atom. The quantitative estimate of drug-likeness (QED) is 0.480. The number of aromatic nitrogens is 3. The van der Waals surface area contributed by atoms with Crippen LogP contribution in [0.1, 0.15) is 18.5 Å². The van der Waals surface area contributed by atoms with Gasteiger partial charge in [-0.25, -0.2) is 0 Å². The maximum absolute atomic E-state index is 4.32. The molecule has 0 fully saturated rings. The lowest BCUT2D eigenvalue weighted by atomic mass is 9.95. The maximum Gasteiger partial charge on any atom is 0.0603 e. The molecule has 1 unspecified atom stereocenters. The molecule has 4 heteroatoms. The van der Waals surface area contributed by atoms with E-state index in [-0.39, 0.29) is 6.04 Å². The van der Waals surface area contributed by atoms with Crippen LogP contribution in [-0.2, 0) is 0 Å². The third kappa shape index (κ3) is 3.55. The second-order valence-corrected chi connectivity index (χ2v) is 6.29. The molecule has 0 N–H and O–H groups in total. The molecule has 0 aliphatic rings. The van der Waals surface area contributed by atoms with Gasteiger partial charge in [-0.1, -0.05) is 24.3 Å². The molecule has 0 saturated heterocycles. The first-order chi connectivity index (χ1) is 13.3. The van der Waals surface area contributed by atoms with E-state index in [4.69, 9.17) is 0 Å². The first-order valence-corrected chi connectivity index (χ1v) is 8.93. The third-order valence-electron chi connectivity index (χ3n) is 4.64. The van der Waals surface area contributed by atoms with Crippen molar-refractivity contribution in [3.63, 3.8) is 0 Å². The molecule has 132 valence electrons. The number of hydrogen-bond donors (Lipinski definition) is 0. The fraction of sp³-hybridized carbons (Fsp3) is 0.0870. The molecule has 4 rings (SSSR count). The first-order valence-electron chi connectivity index (χ1n) is 8.93. The molecule has 4 nitrogen and oxygen atoms in total. The Labute approximate surface area is 159 Å². The summed E-state index contributed by atoms with van der Waals surface area (Å²) >= 11 is 0. The lowest BCUT2D eigenvalue weighted by molar-refractivity contribution is 0.772. The van der Waals surface area contributed by atoms with Crippen LogP contribution in [-0.4, -0.2) is 15.0 Å². The summed E-state index contributed by atoms with van der Waals surface area (Å²) < 4.78 is 0. The molecule has 1 aromatic carbocycles. The van der Waals surface area contributed by atoms with Crippen LogP contribution in [0.3, 0.4) is 0 Å². The minimum atomic E-state index is 0.0859. The summed E-state index contributed by atoms with van der Waals surface area (Å²) in [6.45, 7) is 2.21. The van der Waals surface area contributed by atoms with Gasteiger partial charge in [-0.3, -0.25) is 15.0 Å². The molecule has 3 aromatic heterocycles. The van der Waals surface area contributed by atoms with Crippen molar-refractivity contribution in [1.82, 2.24) is 15.0 Å². The van der Waals surface area contributed by atoms with E-state index in [0.717, 1.165) is 16.9 Å². The van der Waals surface area contributed by atoms with Crippen LogP contribution < -0.4 is 4.90 Å². The number of anilines is 2. The Balaban J connectivity index is 1.83. The predicted octanol–water partition coefficient (Wildman–Crippen LogP) is 5.44. The molecule has 0 amide bonds. The van der Waals surface area contributed by atoms with Gasteiger partial charge in [-0.2, -0.15) is 0 Å². The lowest BCUT2D eigenvalue weighted by Gasteiger charge is -2.32. The zero-order valence-corrected chi connectivity index (χ0v) is 15.1. The smallest absolute Gasteiger partial charge is 0.0603 e. The van der Waals surface area contributed by atoms with Crippen molar-refractivity contribution >= 4 is 11.4 Å². The van der Waals surface area contributed by atoms with Gasteiger partial charge in [-0.15, -0.1) is 0 Å². The van der Waals surface area contributed by atoms with Crippen molar-refractivity contribution in [1.29, 1.82) is 0 Å². The van der Waals surface area contributed by atoms with E-state index in [0.29, 0.717) is 0 Å². The summed E-state index contributed by atoms with van der Waals surface area (Å²) in [5.41, 5.74) is 5.65. The predicted molar refractivity (Wildman–Crippen MR) is 109 cm³/mol. The van der Waals surface area contributed by atoms with E-state index >= 15 is 0 Å². The number of pyridine rings is 3. The molecule has 0 radical (unpaired) electrons. The summed E-state index contributed by atoms with van der Waals surface area (Å²) in [7, 11) is 0. The lowest BCUT2D eigenvalue weighted by Crippen LogP contribution is -2.22. The third-order valence-corrected chi connectivity index (χ3v) is 4.64. The van der Waals surface area contributed by atoms with Crippen molar-refractivity contribution in [2.24, 2.45) is 0 Å². The Morgan fingerprint density at radius 3 is 1.89 bits per heavy atom. The van der Waals surface area contributed by atoms with Crippen LogP contribution in [0, 0.1) is 0 Å². The zero-order chi connectivity index (χ0) is 18.5. The van der Waals surface area contributed by atoms with Crippen LogP contribution in [0.25, 0.3) is 11.1 Å². The minimum Gasteiger partial charge on any atom is -0.332 e. The molecule has 27 heavy (non-hydrogen) atoms. The zero-order valence-electron chi connectivity index (χ0n) is 15.1. The number of hydrogen-bond acceptors (Lipinski definition) is 4. The van der Waals surface area contributed by atoms with E-state index < -0.39 is 0 Å². The van der Waals surface area contributed by atoms with Gasteiger partial charge in [0.15, 0.2) is 0 Å². The van der Waals surface area contributed by atoms with Crippen molar-refractivity contribution in [2.75, 3.05) is 4.90 Å². The topological polar surface area (TPSA) is 41.9 Å². The second kappa shape index (κ2) is 7.79. The molecular formula is C23H20N4. The normalized spacial score (nSPS) is 11.7. The average molecular weight is 352 g/mol. The van der Waals surface area contributed by atoms with Gasteiger partial charge in [0.05, 0.1) is 29.8 Å². The van der Waals surface area contributed by atoms with Gasteiger partial charge in [-0.05, 0) is 60.0 Å². The Hall–Kier alpha value is -3.53. The van der Waals surface area contributed by atoms with Crippen LogP contribution in [0.2, 0.25) is 0 Å². The summed E-state index contributed by atoms with van der Waals surface area (Å²) in [6, 6.07) is 20.7. The van der Waals surface area contributed by atoms with E-state index in [1.165, 1.54) is 11.1 Å². The van der Waals surface area contributed by atoms with Crippen LogP contribution in [0.15, 0.2) is 97.8 Å². The van der Waals surface area contributed by atoms with Crippen LogP contribution in [0.4, 0.5) is 11.4 Å². The van der Waals surface area contributed by atoms with Crippen molar-refractivity contribution in [3.05, 3.63) is 103 Å². The monoisotopic (exact) mass is 352 g/mol. The first kappa shape index (κ1) is 16.9. The Bertz CT molecular complexity index is 949. The fourth-order valence-corrected chi connectivity index (χ4v) is 3.38. The summed E-state index contributed by atoms with van der Waals surface area (Å²) in [4.78, 5) is 15.0. The summed E-state index contributed by atoms with van der Waals surface area (Å²) in [5.74, 6) is 0. The molecular weight excluding hydrogens is 332 g/mol. The van der Waals surface area contributed by atoms with Crippen molar-refractivity contribution < 1.29 is 0 Å². The molecule has 1 atom stereocenters. The minimum absolute atomic E-state index is 0.0859. The summed E-state index contributed by atoms with van der Waals surface area (Å²) in [5, 5.41) is 0. The van der Waals surface area contributed by atoms with Crippen LogP contribution in [0.5, 0.6) is 0 Å². The van der Waals surface area contributed by atoms with E-state index in [9.17, 15) is 0 Å². The molecule has 0 aliphatic heterocycles.